The lowest BCUT2D eigenvalue weighted by Crippen LogP contribution is -1.85. The molecule has 74 valence electrons. The minimum absolute atomic E-state index is 0.261. The third-order valence-electron chi connectivity index (χ3n) is 1.81. The summed E-state index contributed by atoms with van der Waals surface area (Å²) >= 11 is 1.67. The van der Waals surface area contributed by atoms with Gasteiger partial charge in [0.25, 0.3) is 0 Å². The third kappa shape index (κ3) is 5.03. The van der Waals surface area contributed by atoms with Gasteiger partial charge in [-0.3, -0.25) is 0 Å². The number of aliphatic hydroxyl groups is 1. The molecular formula is C10H16O2S. The lowest BCUT2D eigenvalue weighted by Gasteiger charge is -1.85. The molecule has 2 rings (SSSR count). The smallest absolute Gasteiger partial charge is 0.0471 e. The van der Waals surface area contributed by atoms with Gasteiger partial charge in [-0.25, -0.2) is 0 Å². The van der Waals surface area contributed by atoms with E-state index in [0.717, 1.165) is 19.6 Å². The zero-order chi connectivity index (χ0) is 9.36. The van der Waals surface area contributed by atoms with E-state index in [9.17, 15) is 0 Å². The second-order valence-corrected chi connectivity index (χ2v) is 3.70. The van der Waals surface area contributed by atoms with Gasteiger partial charge in [0.1, 0.15) is 0 Å². The van der Waals surface area contributed by atoms with Gasteiger partial charge in [0.15, 0.2) is 0 Å². The lowest BCUT2D eigenvalue weighted by atomic mass is 10.3. The van der Waals surface area contributed by atoms with E-state index in [-0.39, 0.29) is 6.61 Å². The first kappa shape index (κ1) is 10.7. The zero-order valence-corrected chi connectivity index (χ0v) is 8.55. The van der Waals surface area contributed by atoms with E-state index in [4.69, 9.17) is 9.84 Å². The summed E-state index contributed by atoms with van der Waals surface area (Å²) in [6, 6.07) is 2.03. The van der Waals surface area contributed by atoms with Crippen LogP contribution in [0.5, 0.6) is 0 Å². The second kappa shape index (κ2) is 7.06. The Morgan fingerprint density at radius 1 is 1.38 bits per heavy atom. The van der Waals surface area contributed by atoms with E-state index in [1.165, 1.54) is 18.4 Å². The fourth-order valence-corrected chi connectivity index (χ4v) is 1.78. The average molecular weight is 200 g/mol. The Morgan fingerprint density at radius 3 is 2.54 bits per heavy atom. The zero-order valence-electron chi connectivity index (χ0n) is 7.74. The molecular weight excluding hydrogens is 184 g/mol. The molecule has 13 heavy (non-hydrogen) atoms. The topological polar surface area (TPSA) is 29.5 Å². The molecule has 0 spiro atoms. The quantitative estimate of drug-likeness (QED) is 0.792. The van der Waals surface area contributed by atoms with Crippen molar-refractivity contribution in [2.45, 2.75) is 19.3 Å². The van der Waals surface area contributed by atoms with E-state index in [1.54, 1.807) is 11.3 Å². The van der Waals surface area contributed by atoms with Crippen LogP contribution in [0.25, 0.3) is 0 Å². The highest BCUT2D eigenvalue weighted by Gasteiger charge is 1.94. The third-order valence-corrected chi connectivity index (χ3v) is 2.54. The maximum atomic E-state index is 8.44. The van der Waals surface area contributed by atoms with Crippen molar-refractivity contribution in [1.29, 1.82) is 0 Å². The number of hydrogen-bond donors (Lipinski definition) is 1. The minimum Gasteiger partial charge on any atom is -0.396 e. The van der Waals surface area contributed by atoms with Crippen LogP contribution < -0.4 is 0 Å². The number of ether oxygens (including phenoxy) is 1. The molecule has 0 saturated carbocycles. The summed E-state index contributed by atoms with van der Waals surface area (Å²) in [5.41, 5.74) is 1.23. The summed E-state index contributed by atoms with van der Waals surface area (Å²) in [4.78, 5) is 0. The summed E-state index contributed by atoms with van der Waals surface area (Å²) in [5, 5.41) is 12.5. The molecule has 0 aromatic carbocycles. The number of rotatable bonds is 2. The Labute approximate surface area is 83.2 Å². The first-order valence-corrected chi connectivity index (χ1v) is 5.57. The van der Waals surface area contributed by atoms with Crippen molar-refractivity contribution in [2.24, 2.45) is 0 Å². The van der Waals surface area contributed by atoms with Gasteiger partial charge in [-0.15, -0.1) is 0 Å². The summed E-state index contributed by atoms with van der Waals surface area (Å²) in [5.74, 6) is 0. The van der Waals surface area contributed by atoms with Gasteiger partial charge in [0, 0.05) is 19.8 Å². The van der Waals surface area contributed by atoms with Crippen molar-refractivity contribution < 1.29 is 9.84 Å². The van der Waals surface area contributed by atoms with Crippen LogP contribution >= 0.6 is 11.3 Å². The predicted octanol–water partition coefficient (Wildman–Crippen LogP) is 2.08. The van der Waals surface area contributed by atoms with Crippen molar-refractivity contribution in [1.82, 2.24) is 0 Å². The van der Waals surface area contributed by atoms with Crippen LogP contribution in [0.15, 0.2) is 16.8 Å². The molecule has 2 heterocycles. The Bertz CT molecular complexity index is 185. The van der Waals surface area contributed by atoms with Gasteiger partial charge in [0.2, 0.25) is 0 Å². The average Bonchev–Trinajstić information content (AvgIpc) is 2.79. The Hall–Kier alpha value is -0.380. The predicted molar refractivity (Wildman–Crippen MR) is 55.2 cm³/mol. The largest absolute Gasteiger partial charge is 0.396 e. The molecule has 0 bridgehead atoms. The Balaban J connectivity index is 0.000000145. The molecule has 1 aromatic heterocycles. The van der Waals surface area contributed by atoms with E-state index in [2.05, 4.69) is 5.38 Å². The minimum atomic E-state index is 0.261. The Morgan fingerprint density at radius 2 is 2.15 bits per heavy atom. The fraction of sp³-hybridized carbons (Fsp3) is 0.600. The van der Waals surface area contributed by atoms with Crippen molar-refractivity contribution in [3.63, 3.8) is 0 Å². The number of hydrogen-bond acceptors (Lipinski definition) is 3. The second-order valence-electron chi connectivity index (χ2n) is 2.92. The van der Waals surface area contributed by atoms with Crippen LogP contribution in [-0.2, 0) is 11.2 Å². The Kier molecular flexibility index (Phi) is 5.81. The highest BCUT2D eigenvalue weighted by atomic mass is 32.1. The van der Waals surface area contributed by atoms with E-state index >= 15 is 0 Å². The molecule has 3 heteroatoms. The van der Waals surface area contributed by atoms with Gasteiger partial charge in [-0.05, 0) is 41.7 Å². The molecule has 0 atom stereocenters. The van der Waals surface area contributed by atoms with Crippen LogP contribution in [0.2, 0.25) is 0 Å². The summed E-state index contributed by atoms with van der Waals surface area (Å²) < 4.78 is 4.94. The molecule has 1 aliphatic heterocycles. The molecule has 1 N–H and O–H groups in total. The van der Waals surface area contributed by atoms with Gasteiger partial charge in [0.05, 0.1) is 0 Å². The van der Waals surface area contributed by atoms with Crippen LogP contribution in [0, 0.1) is 0 Å². The molecule has 0 unspecified atom stereocenters. The van der Waals surface area contributed by atoms with Gasteiger partial charge in [-0.2, -0.15) is 11.3 Å². The van der Waals surface area contributed by atoms with Crippen LogP contribution in [0.3, 0.4) is 0 Å². The van der Waals surface area contributed by atoms with Crippen molar-refractivity contribution >= 4 is 11.3 Å². The number of thiophene rings is 1. The van der Waals surface area contributed by atoms with Crippen molar-refractivity contribution in [2.75, 3.05) is 19.8 Å². The van der Waals surface area contributed by atoms with Crippen LogP contribution in [0.1, 0.15) is 18.4 Å². The number of aliphatic hydroxyl groups excluding tert-OH is 1. The monoisotopic (exact) mass is 200 g/mol. The molecule has 0 aliphatic carbocycles. The SMILES string of the molecule is C1CCOC1.OCCc1ccsc1. The fourth-order valence-electron chi connectivity index (χ4n) is 1.07. The van der Waals surface area contributed by atoms with E-state index in [0.29, 0.717) is 0 Å². The van der Waals surface area contributed by atoms with E-state index in [1.807, 2.05) is 11.4 Å². The highest BCUT2D eigenvalue weighted by Crippen LogP contribution is 2.05. The molecule has 1 aliphatic rings. The van der Waals surface area contributed by atoms with Crippen LogP contribution in [-0.4, -0.2) is 24.9 Å². The normalized spacial score (nSPS) is 15.2. The molecule has 1 saturated heterocycles. The first-order valence-electron chi connectivity index (χ1n) is 4.63. The van der Waals surface area contributed by atoms with Crippen LogP contribution in [0.4, 0.5) is 0 Å². The molecule has 0 radical (unpaired) electrons. The summed E-state index contributed by atoms with van der Waals surface area (Å²) in [7, 11) is 0. The highest BCUT2D eigenvalue weighted by molar-refractivity contribution is 7.07. The molecule has 2 nitrogen and oxygen atoms in total. The standard InChI is InChI=1S/C6H8OS.C4H8O/c7-3-1-6-2-4-8-5-6;1-2-4-5-3-1/h2,4-5,7H,1,3H2;1-4H2. The maximum absolute atomic E-state index is 8.44. The first-order chi connectivity index (χ1) is 6.43. The van der Waals surface area contributed by atoms with E-state index < -0.39 is 0 Å². The van der Waals surface area contributed by atoms with Gasteiger partial charge in [-0.1, -0.05) is 0 Å². The molecule has 1 fully saturated rings. The van der Waals surface area contributed by atoms with Gasteiger partial charge < -0.3 is 9.84 Å². The maximum Gasteiger partial charge on any atom is 0.0471 e. The van der Waals surface area contributed by atoms with Crippen molar-refractivity contribution in [3.05, 3.63) is 22.4 Å². The summed E-state index contributed by atoms with van der Waals surface area (Å²) in [6.07, 6.45) is 3.35. The van der Waals surface area contributed by atoms with Crippen molar-refractivity contribution in [3.8, 4) is 0 Å². The summed E-state index contributed by atoms with van der Waals surface area (Å²) in [6.45, 7) is 2.26. The lowest BCUT2D eigenvalue weighted by molar-refractivity contribution is 0.198. The molecule has 1 aromatic rings. The molecule has 0 amide bonds. The van der Waals surface area contributed by atoms with Gasteiger partial charge >= 0.3 is 0 Å².